The molecule has 0 radical (unpaired) electrons. The van der Waals surface area contributed by atoms with Crippen LogP contribution in [-0.4, -0.2) is 57.9 Å². The van der Waals surface area contributed by atoms with E-state index in [0.717, 1.165) is 58.4 Å². The number of nitrogens with zero attached hydrogens (tertiary/aromatic N) is 3. The molecule has 11 heteroatoms. The van der Waals surface area contributed by atoms with E-state index in [1.54, 1.807) is 41.9 Å². The molecule has 4 heterocycles. The van der Waals surface area contributed by atoms with Gasteiger partial charge in [0, 0.05) is 62.0 Å². The average Bonchev–Trinajstić information content (AvgIpc) is 3.83. The zero-order valence-electron chi connectivity index (χ0n) is 29.5. The van der Waals surface area contributed by atoms with E-state index < -0.39 is 23.4 Å². The second kappa shape index (κ2) is 16.1. The molecule has 50 heavy (non-hydrogen) atoms. The molecule has 6 rings (SSSR count). The first-order valence-corrected chi connectivity index (χ1v) is 18.5. The lowest BCUT2D eigenvalue weighted by Crippen LogP contribution is -2.55. The molecule has 4 N–H and O–H groups in total. The van der Waals surface area contributed by atoms with Crippen molar-refractivity contribution < 1.29 is 24.3 Å². The molecule has 10 nitrogen and oxygen atoms in total. The summed E-state index contributed by atoms with van der Waals surface area (Å²) in [7, 11) is 0. The quantitative estimate of drug-likeness (QED) is 0.182. The average molecular weight is 700 g/mol. The fraction of sp³-hybridized carbons (Fsp3) is 0.436. The van der Waals surface area contributed by atoms with Gasteiger partial charge in [-0.1, -0.05) is 37.3 Å². The maximum Gasteiger partial charge on any atom is 0.240 e. The van der Waals surface area contributed by atoms with Gasteiger partial charge < -0.3 is 30.5 Å². The van der Waals surface area contributed by atoms with Crippen molar-refractivity contribution in [3.8, 4) is 0 Å². The number of anilines is 2. The summed E-state index contributed by atoms with van der Waals surface area (Å²) in [4.78, 5) is 58.2. The highest BCUT2D eigenvalue weighted by molar-refractivity contribution is 7.07. The predicted molar refractivity (Wildman–Crippen MR) is 199 cm³/mol. The largest absolute Gasteiger partial charge is 0.397 e. The number of hydrogen-bond acceptors (Lipinski definition) is 7. The number of carbonyl (C=O) groups is 4. The summed E-state index contributed by atoms with van der Waals surface area (Å²) in [5.41, 5.74) is 10.4. The summed E-state index contributed by atoms with van der Waals surface area (Å²) in [6.07, 6.45) is 4.92. The first-order chi connectivity index (χ1) is 24.0. The van der Waals surface area contributed by atoms with Crippen LogP contribution in [0.4, 0.5) is 11.4 Å². The molecule has 266 valence electrons. The van der Waals surface area contributed by atoms with Gasteiger partial charge in [-0.2, -0.15) is 11.3 Å². The van der Waals surface area contributed by atoms with Crippen LogP contribution in [0.2, 0.25) is 0 Å². The van der Waals surface area contributed by atoms with Gasteiger partial charge in [0.2, 0.25) is 17.7 Å². The monoisotopic (exact) mass is 699 g/mol. The molecule has 2 aliphatic heterocycles. The number of nitrogens with one attached hydrogen (secondary N) is 1. The van der Waals surface area contributed by atoms with E-state index in [1.807, 2.05) is 53.2 Å². The maximum atomic E-state index is 14.4. The Bertz CT molecular complexity index is 1830. The molecule has 2 aromatic heterocycles. The number of Topliss-reactive ketones (excluding diaryl/α,β-unsaturated/α-hetero) is 1. The van der Waals surface area contributed by atoms with Gasteiger partial charge >= 0.3 is 0 Å². The minimum Gasteiger partial charge on any atom is -0.397 e. The molecule has 2 atom stereocenters. The molecule has 0 bridgehead atoms. The highest BCUT2D eigenvalue weighted by Crippen LogP contribution is 2.42. The Morgan fingerprint density at radius 3 is 2.52 bits per heavy atom. The second-order valence-corrected chi connectivity index (χ2v) is 14.5. The zero-order chi connectivity index (χ0) is 36.0. The number of aliphatic hydroxyl groups is 1. The molecule has 1 saturated heterocycles. The fourth-order valence-corrected chi connectivity index (χ4v) is 7.51. The van der Waals surface area contributed by atoms with Crippen molar-refractivity contribution in [3.05, 3.63) is 82.2 Å². The molecule has 3 amide bonds. The molecular weight excluding hydrogens is 651 g/mol. The van der Waals surface area contributed by atoms with E-state index in [0.29, 0.717) is 25.9 Å². The zero-order valence-corrected chi connectivity index (χ0v) is 30.3. The minimum absolute atomic E-state index is 0.0329. The second-order valence-electron chi connectivity index (χ2n) is 13.7. The third kappa shape index (κ3) is 8.17. The van der Waals surface area contributed by atoms with Crippen LogP contribution < -0.4 is 20.9 Å². The van der Waals surface area contributed by atoms with E-state index in [1.165, 1.54) is 0 Å². The number of aliphatic hydroxyl groups excluding tert-OH is 1. The Balaban J connectivity index is 0.00000156. The number of para-hydroxylation sites is 2. The first kappa shape index (κ1) is 36.9. The molecule has 0 saturated carbocycles. The summed E-state index contributed by atoms with van der Waals surface area (Å²) in [5, 5.41) is 15.5. The fourth-order valence-electron chi connectivity index (χ4n) is 6.85. The molecule has 0 spiro atoms. The molecule has 4 aromatic rings. The summed E-state index contributed by atoms with van der Waals surface area (Å²) in [6.45, 7) is 9.08. The van der Waals surface area contributed by atoms with Crippen molar-refractivity contribution >= 4 is 57.1 Å². The number of rotatable bonds is 12. The molecule has 1 fully saturated rings. The van der Waals surface area contributed by atoms with Crippen LogP contribution in [0.5, 0.6) is 0 Å². The topological polar surface area (TPSA) is 138 Å². The van der Waals surface area contributed by atoms with Gasteiger partial charge in [-0.05, 0) is 85.7 Å². The van der Waals surface area contributed by atoms with Crippen LogP contribution >= 0.6 is 11.3 Å². The highest BCUT2D eigenvalue weighted by atomic mass is 32.1. The Morgan fingerprint density at radius 2 is 1.86 bits per heavy atom. The van der Waals surface area contributed by atoms with Gasteiger partial charge in [0.25, 0.3) is 0 Å². The number of amides is 3. The van der Waals surface area contributed by atoms with E-state index in [2.05, 4.69) is 29.1 Å². The first-order valence-electron chi connectivity index (χ1n) is 17.5. The summed E-state index contributed by atoms with van der Waals surface area (Å²) in [6, 6.07) is 15.0. The highest BCUT2D eigenvalue weighted by Gasteiger charge is 2.39. The number of ketones is 1. The van der Waals surface area contributed by atoms with Crippen molar-refractivity contribution in [2.24, 2.45) is 11.7 Å². The minimum atomic E-state index is -1.19. The third-order valence-corrected chi connectivity index (χ3v) is 9.95. The van der Waals surface area contributed by atoms with Crippen molar-refractivity contribution in [2.75, 3.05) is 23.0 Å². The number of fused-ring (bicyclic) bond motifs is 2. The third-order valence-electron chi connectivity index (χ3n) is 9.22. The van der Waals surface area contributed by atoms with Crippen LogP contribution in [0.3, 0.4) is 0 Å². The van der Waals surface area contributed by atoms with Crippen LogP contribution in [0.25, 0.3) is 10.9 Å². The Hall–Kier alpha value is -4.32. The number of thiophene rings is 1. The number of benzene rings is 2. The van der Waals surface area contributed by atoms with E-state index >= 15 is 0 Å². The van der Waals surface area contributed by atoms with Gasteiger partial charge in [-0.15, -0.1) is 0 Å². The number of hydrogen-bond donors (Lipinski definition) is 3. The predicted octanol–water partition coefficient (Wildman–Crippen LogP) is 5.37. The van der Waals surface area contributed by atoms with Gasteiger partial charge in [-0.25, -0.2) is 0 Å². The number of nitrogens with two attached hydrogens (primary N) is 1. The summed E-state index contributed by atoms with van der Waals surface area (Å²) >= 11 is 1.56. The summed E-state index contributed by atoms with van der Waals surface area (Å²) in [5.74, 6) is -1.35. The van der Waals surface area contributed by atoms with Crippen LogP contribution in [0, 0.1) is 5.92 Å². The molecule has 1 unspecified atom stereocenters. The molecule has 0 aliphatic carbocycles. The van der Waals surface area contributed by atoms with Crippen molar-refractivity contribution in [2.45, 2.75) is 90.9 Å². The lowest BCUT2D eigenvalue weighted by atomic mass is 9.85. The SMILES string of the molecule is CCCn1cc(C[C@@H](NC(=O)C(C)(C)N)C(=O)CC2Cc3cccc(N4CCCC4=O)c3N(Cc3ccsc3)C2=O)c2ccccc21.CCO. The van der Waals surface area contributed by atoms with Crippen molar-refractivity contribution in [1.29, 1.82) is 0 Å². The van der Waals surface area contributed by atoms with E-state index in [9.17, 15) is 19.2 Å². The standard InChI is InChI=1S/C37H43N5O4S.C2H6O/c1-4-15-40-22-27(28-10-5-6-11-30(28)40)19-29(39-36(46)37(2,3)38)32(43)20-26-18-25-9-7-12-31(41-16-8-13-33(41)44)34(25)42(35(26)45)21-24-14-17-47-23-24;1-2-3/h5-7,9-12,14,17,22-23,26,29H,4,8,13,15-16,18-21,38H2,1-3H3,(H,39,46);3H,2H2,1H3/t26?,29-;/m1./s1. The van der Waals surface area contributed by atoms with Crippen LogP contribution in [0.15, 0.2) is 65.5 Å². The number of carbonyl (C=O) groups excluding carboxylic acids is 4. The lowest BCUT2D eigenvalue weighted by Gasteiger charge is -2.37. The van der Waals surface area contributed by atoms with Crippen LogP contribution in [0.1, 0.15) is 70.1 Å². The van der Waals surface area contributed by atoms with Gasteiger partial charge in [-0.3, -0.25) is 19.2 Å². The molecule has 2 aromatic carbocycles. The summed E-state index contributed by atoms with van der Waals surface area (Å²) < 4.78 is 2.19. The maximum absolute atomic E-state index is 14.4. The number of aryl methyl sites for hydroxylation is 1. The van der Waals surface area contributed by atoms with E-state index in [-0.39, 0.29) is 37.0 Å². The van der Waals surface area contributed by atoms with E-state index in [4.69, 9.17) is 10.8 Å². The lowest BCUT2D eigenvalue weighted by molar-refractivity contribution is -0.132. The molecule has 2 aliphatic rings. The Kier molecular flexibility index (Phi) is 11.9. The van der Waals surface area contributed by atoms with Crippen LogP contribution in [-0.2, 0) is 45.1 Å². The van der Waals surface area contributed by atoms with Crippen molar-refractivity contribution in [1.82, 2.24) is 9.88 Å². The Morgan fingerprint density at radius 1 is 1.10 bits per heavy atom. The molecular formula is C39H49N5O5S. The van der Waals surface area contributed by atoms with Gasteiger partial charge in [0.15, 0.2) is 5.78 Å². The number of aromatic nitrogens is 1. The van der Waals surface area contributed by atoms with Crippen molar-refractivity contribution in [3.63, 3.8) is 0 Å². The normalized spacial score (nSPS) is 16.6. The Labute approximate surface area is 298 Å². The van der Waals surface area contributed by atoms with Gasteiger partial charge in [0.1, 0.15) is 0 Å². The smallest absolute Gasteiger partial charge is 0.240 e. The van der Waals surface area contributed by atoms with Gasteiger partial charge in [0.05, 0.1) is 29.5 Å².